The minimum Gasteiger partial charge on any atom is -0.463 e. The number of esters is 1. The SMILES string of the molecule is CCOC(=O)C(O)(c1ccc(Cl)cc1)c1ccc(Cl)cc1.Cl.O=[N+]([O-])c1cccc2ccccc12. The van der Waals surface area contributed by atoms with Crippen LogP contribution in [0.15, 0.2) is 91.0 Å². The Morgan fingerprint density at radius 2 is 1.37 bits per heavy atom. The Morgan fingerprint density at radius 1 is 0.886 bits per heavy atom. The lowest BCUT2D eigenvalue weighted by molar-refractivity contribution is -0.383. The molecule has 0 aliphatic rings. The van der Waals surface area contributed by atoms with Crippen LogP contribution in [-0.4, -0.2) is 22.6 Å². The molecule has 0 fully saturated rings. The number of benzene rings is 4. The number of nitrogens with zero attached hydrogens (tertiary/aromatic N) is 1. The minimum atomic E-state index is -1.90. The van der Waals surface area contributed by atoms with Gasteiger partial charge in [0, 0.05) is 16.1 Å². The predicted octanol–water partition coefficient (Wildman–Crippen LogP) is 6.96. The molecule has 9 heteroatoms. The molecule has 4 rings (SSSR count). The highest BCUT2D eigenvalue weighted by atomic mass is 35.5. The minimum absolute atomic E-state index is 0. The molecule has 6 nitrogen and oxygen atoms in total. The maximum atomic E-state index is 12.3. The normalized spacial score (nSPS) is 10.5. The second-order valence-corrected chi connectivity index (χ2v) is 8.07. The first-order valence-electron chi connectivity index (χ1n) is 10.3. The largest absolute Gasteiger partial charge is 0.463 e. The zero-order valence-corrected chi connectivity index (χ0v) is 20.9. The van der Waals surface area contributed by atoms with E-state index in [4.69, 9.17) is 27.9 Å². The van der Waals surface area contributed by atoms with Gasteiger partial charge in [0.15, 0.2) is 0 Å². The molecular weight excluding hydrogens is 513 g/mol. The van der Waals surface area contributed by atoms with E-state index in [1.807, 2.05) is 18.2 Å². The molecule has 35 heavy (non-hydrogen) atoms. The van der Waals surface area contributed by atoms with Crippen molar-refractivity contribution < 1.29 is 19.6 Å². The summed E-state index contributed by atoms with van der Waals surface area (Å²) in [7, 11) is 0. The molecule has 4 aromatic rings. The summed E-state index contributed by atoms with van der Waals surface area (Å²) >= 11 is 11.7. The van der Waals surface area contributed by atoms with E-state index in [-0.39, 0.29) is 29.6 Å². The van der Waals surface area contributed by atoms with Crippen molar-refractivity contribution in [3.05, 3.63) is 122 Å². The van der Waals surface area contributed by atoms with E-state index in [1.165, 1.54) is 6.07 Å². The van der Waals surface area contributed by atoms with Crippen LogP contribution in [0.5, 0.6) is 0 Å². The average Bonchev–Trinajstić information content (AvgIpc) is 2.84. The van der Waals surface area contributed by atoms with Gasteiger partial charge in [-0.1, -0.05) is 77.8 Å². The number of hydrogen-bond donors (Lipinski definition) is 1. The molecule has 0 aromatic heterocycles. The molecule has 0 amide bonds. The summed E-state index contributed by atoms with van der Waals surface area (Å²) in [6.45, 7) is 1.85. The van der Waals surface area contributed by atoms with Crippen LogP contribution in [0, 0.1) is 10.1 Å². The van der Waals surface area contributed by atoms with E-state index in [9.17, 15) is 20.0 Å². The van der Waals surface area contributed by atoms with Crippen molar-refractivity contribution in [1.29, 1.82) is 0 Å². The number of nitro benzene ring substituents is 1. The Morgan fingerprint density at radius 3 is 1.86 bits per heavy atom. The van der Waals surface area contributed by atoms with Gasteiger partial charge in [0.1, 0.15) is 0 Å². The van der Waals surface area contributed by atoms with E-state index >= 15 is 0 Å². The molecule has 0 aliphatic heterocycles. The fourth-order valence-electron chi connectivity index (χ4n) is 3.39. The van der Waals surface area contributed by atoms with E-state index in [0.29, 0.717) is 26.6 Å². The Bertz CT molecular complexity index is 1240. The van der Waals surface area contributed by atoms with Gasteiger partial charge < -0.3 is 9.84 Å². The second-order valence-electron chi connectivity index (χ2n) is 7.20. The Kier molecular flexibility index (Phi) is 10.0. The van der Waals surface area contributed by atoms with Crippen LogP contribution in [-0.2, 0) is 15.1 Å². The number of fused-ring (bicyclic) bond motifs is 1. The van der Waals surface area contributed by atoms with Gasteiger partial charge in [-0.25, -0.2) is 4.79 Å². The maximum absolute atomic E-state index is 12.3. The van der Waals surface area contributed by atoms with E-state index in [0.717, 1.165) is 5.39 Å². The van der Waals surface area contributed by atoms with Crippen molar-refractivity contribution in [3.8, 4) is 0 Å². The molecule has 182 valence electrons. The zero-order valence-electron chi connectivity index (χ0n) is 18.6. The number of hydrogen-bond acceptors (Lipinski definition) is 5. The third-order valence-electron chi connectivity index (χ3n) is 5.06. The first kappa shape index (κ1) is 28.1. The van der Waals surface area contributed by atoms with E-state index < -0.39 is 11.6 Å². The molecule has 0 saturated heterocycles. The molecule has 0 atom stereocenters. The number of carbonyl (C=O) groups is 1. The quantitative estimate of drug-likeness (QED) is 0.170. The molecule has 0 heterocycles. The third-order valence-corrected chi connectivity index (χ3v) is 5.56. The standard InChI is InChI=1S/C16H14Cl2O3.C10H7NO2.ClH/c1-2-21-15(19)16(20,11-3-7-13(17)8-4-11)12-5-9-14(18)10-6-12;12-11(13)10-7-3-5-8-4-1-2-6-9(8)10;/h3-10,20H,2H2,1H3;1-7H;1H. The van der Waals surface area contributed by atoms with Gasteiger partial charge in [-0.05, 0) is 53.8 Å². The van der Waals surface area contributed by atoms with Crippen LogP contribution in [0.2, 0.25) is 10.0 Å². The van der Waals surface area contributed by atoms with Crippen molar-refractivity contribution in [3.63, 3.8) is 0 Å². The number of non-ortho nitro benzene ring substituents is 1. The summed E-state index contributed by atoms with van der Waals surface area (Å²) in [5.41, 5.74) is -0.969. The Balaban J connectivity index is 0.000000265. The van der Waals surface area contributed by atoms with Crippen molar-refractivity contribution >= 4 is 58.0 Å². The zero-order chi connectivity index (χ0) is 24.7. The highest BCUT2D eigenvalue weighted by Gasteiger charge is 2.41. The molecule has 1 N–H and O–H groups in total. The van der Waals surface area contributed by atoms with E-state index in [1.54, 1.807) is 73.7 Å². The van der Waals surface area contributed by atoms with Gasteiger partial charge >= 0.3 is 5.97 Å². The second kappa shape index (κ2) is 12.5. The fourth-order valence-corrected chi connectivity index (χ4v) is 3.64. The smallest absolute Gasteiger partial charge is 0.347 e. The van der Waals surface area contributed by atoms with Crippen LogP contribution in [0.3, 0.4) is 0 Å². The van der Waals surface area contributed by atoms with Crippen molar-refractivity contribution in [1.82, 2.24) is 0 Å². The van der Waals surface area contributed by atoms with Crippen LogP contribution in [0.1, 0.15) is 18.1 Å². The van der Waals surface area contributed by atoms with Crippen molar-refractivity contribution in [2.24, 2.45) is 0 Å². The lowest BCUT2D eigenvalue weighted by Gasteiger charge is -2.27. The molecule has 0 saturated carbocycles. The number of ether oxygens (including phenoxy) is 1. The van der Waals surface area contributed by atoms with Crippen LogP contribution < -0.4 is 0 Å². The number of carbonyl (C=O) groups excluding carboxylic acids is 1. The number of aliphatic hydroxyl groups is 1. The van der Waals surface area contributed by atoms with Gasteiger partial charge in [0.25, 0.3) is 5.69 Å². The molecule has 0 aliphatic carbocycles. The summed E-state index contributed by atoms with van der Waals surface area (Å²) in [6.07, 6.45) is 0. The highest BCUT2D eigenvalue weighted by molar-refractivity contribution is 6.30. The first-order chi connectivity index (χ1) is 16.3. The monoisotopic (exact) mass is 533 g/mol. The molecule has 4 aromatic carbocycles. The summed E-state index contributed by atoms with van der Waals surface area (Å²) in [6, 6.07) is 25.2. The summed E-state index contributed by atoms with van der Waals surface area (Å²) in [5.74, 6) is -0.741. The summed E-state index contributed by atoms with van der Waals surface area (Å²) < 4.78 is 5.02. The predicted molar refractivity (Wildman–Crippen MR) is 140 cm³/mol. The highest BCUT2D eigenvalue weighted by Crippen LogP contribution is 2.32. The topological polar surface area (TPSA) is 89.7 Å². The lowest BCUT2D eigenvalue weighted by Crippen LogP contribution is -2.38. The van der Waals surface area contributed by atoms with Crippen LogP contribution in [0.4, 0.5) is 5.69 Å². The number of rotatable bonds is 5. The molecule has 0 bridgehead atoms. The Labute approximate surface area is 218 Å². The maximum Gasteiger partial charge on any atom is 0.347 e. The number of halogens is 3. The molecule has 0 spiro atoms. The van der Waals surface area contributed by atoms with Gasteiger partial charge in [0.2, 0.25) is 5.60 Å². The number of nitro groups is 1. The van der Waals surface area contributed by atoms with Crippen LogP contribution in [0.25, 0.3) is 10.8 Å². The molecule has 0 unspecified atom stereocenters. The molecule has 0 radical (unpaired) electrons. The first-order valence-corrected chi connectivity index (χ1v) is 11.1. The van der Waals surface area contributed by atoms with Gasteiger partial charge in [-0.2, -0.15) is 0 Å². The molecular formula is C26H22Cl3NO5. The van der Waals surface area contributed by atoms with Crippen LogP contribution >= 0.6 is 35.6 Å². The van der Waals surface area contributed by atoms with E-state index in [2.05, 4.69) is 0 Å². The summed E-state index contributed by atoms with van der Waals surface area (Å²) in [5, 5.41) is 24.2. The van der Waals surface area contributed by atoms with Gasteiger partial charge in [-0.3, -0.25) is 10.1 Å². The van der Waals surface area contributed by atoms with Gasteiger partial charge in [0.05, 0.1) is 16.9 Å². The average molecular weight is 535 g/mol. The lowest BCUT2D eigenvalue weighted by atomic mass is 9.86. The fraction of sp³-hybridized carbons (Fsp3) is 0.115. The third kappa shape index (κ3) is 6.50. The van der Waals surface area contributed by atoms with Crippen molar-refractivity contribution in [2.75, 3.05) is 6.61 Å². The van der Waals surface area contributed by atoms with Gasteiger partial charge in [-0.15, -0.1) is 12.4 Å². The summed E-state index contributed by atoms with van der Waals surface area (Å²) in [4.78, 5) is 22.6. The van der Waals surface area contributed by atoms with Crippen molar-refractivity contribution in [2.45, 2.75) is 12.5 Å². The Hall–Kier alpha value is -3.16.